The topological polar surface area (TPSA) is 26.0 Å². The summed E-state index contributed by atoms with van der Waals surface area (Å²) in [6.45, 7) is 0.684. The maximum atomic E-state index is 12.3. The lowest BCUT2D eigenvalue weighted by Crippen LogP contribution is -2.35. The molecule has 1 nitrogen and oxygen atoms in total. The number of rotatable bonds is 4. The second-order valence-corrected chi connectivity index (χ2v) is 3.41. The molecule has 2 N–H and O–H groups in total. The van der Waals surface area contributed by atoms with Crippen molar-refractivity contribution in [3.63, 3.8) is 0 Å². The molecule has 0 heterocycles. The first kappa shape index (κ1) is 8.91. The summed E-state index contributed by atoms with van der Waals surface area (Å²) in [5, 5.41) is 0. The summed E-state index contributed by atoms with van der Waals surface area (Å²) in [7, 11) is 0. The van der Waals surface area contributed by atoms with Gasteiger partial charge in [-0.05, 0) is 25.3 Å². The molecule has 0 bridgehead atoms. The minimum Gasteiger partial charge on any atom is -0.330 e. The number of hydrogen-bond acceptors (Lipinski definition) is 1. The Morgan fingerprint density at radius 2 is 1.91 bits per heavy atom. The molecule has 0 aromatic rings. The van der Waals surface area contributed by atoms with Crippen molar-refractivity contribution in [2.24, 2.45) is 11.7 Å². The summed E-state index contributed by atoms with van der Waals surface area (Å²) in [4.78, 5) is 0. The van der Waals surface area contributed by atoms with Crippen molar-refractivity contribution in [1.82, 2.24) is 0 Å². The van der Waals surface area contributed by atoms with Gasteiger partial charge in [-0.2, -0.15) is 0 Å². The standard InChI is InChI=1S/C8H15F2N/c9-8(10)5-7(6-8)3-1-2-4-11/h7H,1-6,11H2. The molecule has 0 unspecified atom stereocenters. The zero-order valence-corrected chi connectivity index (χ0v) is 6.65. The Hall–Kier alpha value is -0.180. The second kappa shape index (κ2) is 3.48. The SMILES string of the molecule is NCCCCC1CC(F)(F)C1. The van der Waals surface area contributed by atoms with Crippen molar-refractivity contribution >= 4 is 0 Å². The lowest BCUT2D eigenvalue weighted by Gasteiger charge is -2.34. The number of unbranched alkanes of at least 4 members (excludes halogenated alkanes) is 1. The fraction of sp³-hybridized carbons (Fsp3) is 1.00. The van der Waals surface area contributed by atoms with Crippen LogP contribution in [0.4, 0.5) is 8.78 Å². The van der Waals surface area contributed by atoms with E-state index in [1.165, 1.54) is 0 Å². The normalized spacial score (nSPS) is 23.2. The molecular weight excluding hydrogens is 148 g/mol. The lowest BCUT2D eigenvalue weighted by atomic mass is 9.78. The molecule has 1 aliphatic rings. The van der Waals surface area contributed by atoms with E-state index in [4.69, 9.17) is 5.73 Å². The summed E-state index contributed by atoms with van der Waals surface area (Å²) in [6.07, 6.45) is 3.14. The summed E-state index contributed by atoms with van der Waals surface area (Å²) in [5.74, 6) is -2.07. The van der Waals surface area contributed by atoms with E-state index >= 15 is 0 Å². The first-order chi connectivity index (χ1) is 5.14. The highest BCUT2D eigenvalue weighted by Crippen LogP contribution is 2.44. The van der Waals surface area contributed by atoms with Gasteiger partial charge in [-0.3, -0.25) is 0 Å². The molecule has 3 heteroatoms. The van der Waals surface area contributed by atoms with Crippen LogP contribution in [0.25, 0.3) is 0 Å². The van der Waals surface area contributed by atoms with Crippen molar-refractivity contribution in [3.05, 3.63) is 0 Å². The van der Waals surface area contributed by atoms with Gasteiger partial charge < -0.3 is 5.73 Å². The Kier molecular flexibility index (Phi) is 2.82. The van der Waals surface area contributed by atoms with Crippen LogP contribution in [0.1, 0.15) is 32.1 Å². The molecular formula is C8H15F2N. The van der Waals surface area contributed by atoms with Crippen molar-refractivity contribution in [2.45, 2.75) is 38.0 Å². The van der Waals surface area contributed by atoms with E-state index in [-0.39, 0.29) is 18.8 Å². The summed E-state index contributed by atoms with van der Waals surface area (Å²) < 4.78 is 24.5. The van der Waals surface area contributed by atoms with Gasteiger partial charge in [-0.25, -0.2) is 8.78 Å². The van der Waals surface area contributed by atoms with Gasteiger partial charge in [0, 0.05) is 12.8 Å². The Bertz CT molecular complexity index is 117. The van der Waals surface area contributed by atoms with Crippen LogP contribution in [-0.4, -0.2) is 12.5 Å². The first-order valence-electron chi connectivity index (χ1n) is 4.22. The quantitative estimate of drug-likeness (QED) is 0.631. The Labute approximate surface area is 66.0 Å². The van der Waals surface area contributed by atoms with Gasteiger partial charge in [0.25, 0.3) is 0 Å². The van der Waals surface area contributed by atoms with Crippen LogP contribution in [0.15, 0.2) is 0 Å². The molecule has 11 heavy (non-hydrogen) atoms. The largest absolute Gasteiger partial charge is 0.330 e. The zero-order valence-electron chi connectivity index (χ0n) is 6.65. The highest BCUT2D eigenvalue weighted by Gasteiger charge is 2.44. The van der Waals surface area contributed by atoms with Gasteiger partial charge in [-0.15, -0.1) is 0 Å². The third-order valence-electron chi connectivity index (χ3n) is 2.24. The molecule has 0 radical (unpaired) electrons. The van der Waals surface area contributed by atoms with Crippen LogP contribution in [0.3, 0.4) is 0 Å². The third kappa shape index (κ3) is 2.73. The molecule has 1 aliphatic carbocycles. The van der Waals surface area contributed by atoms with E-state index in [0.29, 0.717) is 6.54 Å². The van der Waals surface area contributed by atoms with Crippen LogP contribution >= 0.6 is 0 Å². The summed E-state index contributed by atoms with van der Waals surface area (Å²) in [6, 6.07) is 0. The Morgan fingerprint density at radius 3 is 2.36 bits per heavy atom. The maximum absolute atomic E-state index is 12.3. The van der Waals surface area contributed by atoms with Crippen molar-refractivity contribution in [2.75, 3.05) is 6.54 Å². The van der Waals surface area contributed by atoms with E-state index < -0.39 is 5.92 Å². The molecule has 1 saturated carbocycles. The third-order valence-corrected chi connectivity index (χ3v) is 2.24. The average Bonchev–Trinajstić information content (AvgIpc) is 1.84. The smallest absolute Gasteiger partial charge is 0.248 e. The number of nitrogens with two attached hydrogens (primary N) is 1. The highest BCUT2D eigenvalue weighted by molar-refractivity contribution is 4.85. The Morgan fingerprint density at radius 1 is 1.27 bits per heavy atom. The van der Waals surface area contributed by atoms with Crippen LogP contribution < -0.4 is 5.73 Å². The number of alkyl halides is 2. The summed E-state index contributed by atoms with van der Waals surface area (Å²) in [5.41, 5.74) is 5.28. The minimum atomic E-state index is -2.34. The molecule has 0 spiro atoms. The van der Waals surface area contributed by atoms with E-state index in [9.17, 15) is 8.78 Å². The number of halogens is 2. The van der Waals surface area contributed by atoms with E-state index in [0.717, 1.165) is 19.3 Å². The predicted molar refractivity (Wildman–Crippen MR) is 40.6 cm³/mol. The fourth-order valence-corrected chi connectivity index (χ4v) is 1.57. The van der Waals surface area contributed by atoms with Gasteiger partial charge in [-0.1, -0.05) is 6.42 Å². The van der Waals surface area contributed by atoms with Gasteiger partial charge in [0.15, 0.2) is 0 Å². The van der Waals surface area contributed by atoms with Gasteiger partial charge >= 0.3 is 0 Å². The van der Waals surface area contributed by atoms with Crippen LogP contribution in [0, 0.1) is 5.92 Å². The predicted octanol–water partition coefficient (Wildman–Crippen LogP) is 2.16. The van der Waals surface area contributed by atoms with Crippen molar-refractivity contribution in [1.29, 1.82) is 0 Å². The number of hydrogen-bond donors (Lipinski definition) is 1. The molecule has 0 atom stereocenters. The molecule has 0 aliphatic heterocycles. The molecule has 0 aromatic heterocycles. The van der Waals surface area contributed by atoms with Gasteiger partial charge in [0.05, 0.1) is 0 Å². The van der Waals surface area contributed by atoms with E-state index in [1.54, 1.807) is 0 Å². The van der Waals surface area contributed by atoms with E-state index in [2.05, 4.69) is 0 Å². The molecule has 0 amide bonds. The molecule has 0 saturated heterocycles. The van der Waals surface area contributed by atoms with Crippen LogP contribution in [-0.2, 0) is 0 Å². The van der Waals surface area contributed by atoms with Crippen molar-refractivity contribution in [3.8, 4) is 0 Å². The fourth-order valence-electron chi connectivity index (χ4n) is 1.57. The van der Waals surface area contributed by atoms with Gasteiger partial charge in [0.1, 0.15) is 0 Å². The summed E-state index contributed by atoms with van der Waals surface area (Å²) >= 11 is 0. The minimum absolute atomic E-state index is 0.109. The average molecular weight is 163 g/mol. The molecule has 1 rings (SSSR count). The maximum Gasteiger partial charge on any atom is 0.248 e. The Balaban J connectivity index is 1.96. The molecule has 66 valence electrons. The van der Waals surface area contributed by atoms with Crippen LogP contribution in [0.5, 0.6) is 0 Å². The van der Waals surface area contributed by atoms with Crippen LogP contribution in [0.2, 0.25) is 0 Å². The lowest BCUT2D eigenvalue weighted by molar-refractivity contribution is -0.112. The first-order valence-corrected chi connectivity index (χ1v) is 4.22. The molecule has 1 fully saturated rings. The highest BCUT2D eigenvalue weighted by atomic mass is 19.3. The van der Waals surface area contributed by atoms with Gasteiger partial charge in [0.2, 0.25) is 5.92 Å². The second-order valence-electron chi connectivity index (χ2n) is 3.41. The monoisotopic (exact) mass is 163 g/mol. The molecule has 0 aromatic carbocycles. The zero-order chi connectivity index (χ0) is 8.32. The van der Waals surface area contributed by atoms with Crippen molar-refractivity contribution < 1.29 is 8.78 Å². The van der Waals surface area contributed by atoms with E-state index in [1.807, 2.05) is 0 Å².